The fraction of sp³-hybridized carbons (Fsp3) is 0.154. The molecule has 0 saturated carbocycles. The van der Waals surface area contributed by atoms with Crippen LogP contribution in [0.4, 0.5) is 29.5 Å². The monoisotopic (exact) mass is 506 g/mol. The first-order chi connectivity index (χ1) is 17.5. The van der Waals surface area contributed by atoms with Gasteiger partial charge in [-0.1, -0.05) is 12.0 Å². The molecule has 3 amide bonds. The number of carbonyl (C=O) groups excluding carboxylic acids is 2. The number of aromatic nitrogens is 3. The van der Waals surface area contributed by atoms with Gasteiger partial charge in [0.05, 0.1) is 17.4 Å². The number of amides is 3. The van der Waals surface area contributed by atoms with Crippen LogP contribution in [0.15, 0.2) is 61.1 Å². The minimum absolute atomic E-state index is 0.209. The molecule has 0 aliphatic carbocycles. The van der Waals surface area contributed by atoms with Crippen molar-refractivity contribution in [3.63, 3.8) is 0 Å². The maximum atomic E-state index is 13.0. The molecule has 4 rings (SSSR count). The van der Waals surface area contributed by atoms with E-state index in [1.165, 1.54) is 4.90 Å². The topological polar surface area (TPSA) is 91.6 Å². The number of nitrogens with one attached hydrogen (secondary N) is 2. The normalized spacial score (nSPS) is 11.0. The number of urea groups is 1. The molecule has 3 aromatic heterocycles. The Labute approximate surface area is 210 Å². The smallest absolute Gasteiger partial charge is 0.331 e. The third-order valence-electron chi connectivity index (χ3n) is 5.34. The van der Waals surface area contributed by atoms with Crippen molar-refractivity contribution in [1.29, 1.82) is 0 Å². The molecule has 3 heterocycles. The molecule has 11 heteroatoms. The number of rotatable bonds is 3. The zero-order chi connectivity index (χ0) is 26.7. The van der Waals surface area contributed by atoms with Gasteiger partial charge in [0.15, 0.2) is 5.65 Å². The van der Waals surface area contributed by atoms with E-state index in [1.54, 1.807) is 61.2 Å². The first kappa shape index (κ1) is 25.2. The lowest BCUT2D eigenvalue weighted by Crippen LogP contribution is -2.27. The highest BCUT2D eigenvalue weighted by atomic mass is 19.4. The minimum atomic E-state index is -4.55. The van der Waals surface area contributed by atoms with Crippen molar-refractivity contribution in [1.82, 2.24) is 19.3 Å². The fourth-order valence-electron chi connectivity index (χ4n) is 3.32. The first-order valence-electron chi connectivity index (χ1n) is 10.9. The molecule has 0 spiro atoms. The number of anilines is 2. The van der Waals surface area contributed by atoms with Gasteiger partial charge in [-0.25, -0.2) is 14.8 Å². The van der Waals surface area contributed by atoms with Crippen LogP contribution < -0.4 is 10.6 Å². The lowest BCUT2D eigenvalue weighted by Gasteiger charge is -2.12. The molecule has 0 bridgehead atoms. The van der Waals surface area contributed by atoms with E-state index in [4.69, 9.17) is 0 Å². The summed E-state index contributed by atoms with van der Waals surface area (Å²) in [6.07, 6.45) is -0.237. The summed E-state index contributed by atoms with van der Waals surface area (Å²) < 4.78 is 40.6. The maximum absolute atomic E-state index is 13.0. The predicted octanol–water partition coefficient (Wildman–Crippen LogP) is 4.80. The molecule has 1 aromatic carbocycles. The molecule has 8 nitrogen and oxygen atoms in total. The van der Waals surface area contributed by atoms with E-state index in [9.17, 15) is 22.8 Å². The largest absolute Gasteiger partial charge is 0.416 e. The van der Waals surface area contributed by atoms with Gasteiger partial charge >= 0.3 is 12.2 Å². The highest BCUT2D eigenvalue weighted by Gasteiger charge is 2.30. The van der Waals surface area contributed by atoms with E-state index in [-0.39, 0.29) is 17.4 Å². The molecule has 0 atom stereocenters. The highest BCUT2D eigenvalue weighted by Crippen LogP contribution is 2.30. The van der Waals surface area contributed by atoms with Gasteiger partial charge in [-0.15, -0.1) is 0 Å². The minimum Gasteiger partial charge on any atom is -0.331 e. The van der Waals surface area contributed by atoms with Crippen LogP contribution in [0.25, 0.3) is 5.65 Å². The molecule has 0 aliphatic rings. The lowest BCUT2D eigenvalue weighted by atomic mass is 10.0. The van der Waals surface area contributed by atoms with Crippen molar-refractivity contribution in [3.05, 3.63) is 89.0 Å². The summed E-state index contributed by atoms with van der Waals surface area (Å²) in [7, 11) is 3.26. The highest BCUT2D eigenvalue weighted by molar-refractivity contribution is 6.04. The Morgan fingerprint density at radius 1 is 1.03 bits per heavy atom. The van der Waals surface area contributed by atoms with Crippen molar-refractivity contribution in [2.24, 2.45) is 0 Å². The van der Waals surface area contributed by atoms with Crippen LogP contribution in [0, 0.1) is 18.8 Å². The van der Waals surface area contributed by atoms with Crippen LogP contribution in [-0.2, 0) is 6.18 Å². The second-order valence-electron chi connectivity index (χ2n) is 8.24. The third-order valence-corrected chi connectivity index (χ3v) is 5.34. The van der Waals surface area contributed by atoms with E-state index in [1.807, 2.05) is 6.92 Å². The summed E-state index contributed by atoms with van der Waals surface area (Å²) in [4.78, 5) is 34.3. The number of carbonyl (C=O) groups is 2. The summed E-state index contributed by atoms with van der Waals surface area (Å²) in [5, 5.41) is 5.17. The summed E-state index contributed by atoms with van der Waals surface area (Å²) in [5.41, 5.74) is 2.24. The average molecular weight is 506 g/mol. The van der Waals surface area contributed by atoms with Gasteiger partial charge in [0.1, 0.15) is 11.5 Å². The summed E-state index contributed by atoms with van der Waals surface area (Å²) >= 11 is 0. The summed E-state index contributed by atoms with van der Waals surface area (Å²) in [6, 6.07) is 9.59. The van der Waals surface area contributed by atoms with Gasteiger partial charge < -0.3 is 15.5 Å². The van der Waals surface area contributed by atoms with Crippen molar-refractivity contribution < 1.29 is 22.8 Å². The molecule has 37 heavy (non-hydrogen) atoms. The van der Waals surface area contributed by atoms with Gasteiger partial charge in [-0.2, -0.15) is 13.2 Å². The van der Waals surface area contributed by atoms with Gasteiger partial charge in [0.2, 0.25) is 0 Å². The second-order valence-corrected chi connectivity index (χ2v) is 8.24. The molecule has 0 radical (unpaired) electrons. The second kappa shape index (κ2) is 10.0. The number of imidazole rings is 1. The van der Waals surface area contributed by atoms with Gasteiger partial charge in [0.25, 0.3) is 5.91 Å². The van der Waals surface area contributed by atoms with E-state index in [2.05, 4.69) is 32.4 Å². The van der Waals surface area contributed by atoms with Crippen LogP contribution in [0.3, 0.4) is 0 Å². The van der Waals surface area contributed by atoms with E-state index in [0.29, 0.717) is 22.6 Å². The number of benzene rings is 1. The Balaban J connectivity index is 1.59. The molecule has 2 N–H and O–H groups in total. The van der Waals surface area contributed by atoms with Crippen LogP contribution in [0.1, 0.15) is 32.7 Å². The molecule has 0 saturated heterocycles. The van der Waals surface area contributed by atoms with Gasteiger partial charge in [-0.05, 0) is 54.8 Å². The Kier molecular flexibility index (Phi) is 6.84. The number of fused-ring (bicyclic) bond motifs is 1. The number of hydrogen-bond acceptors (Lipinski definition) is 4. The average Bonchev–Trinajstić information content (AvgIpc) is 3.27. The van der Waals surface area contributed by atoms with Crippen molar-refractivity contribution in [3.8, 4) is 11.8 Å². The zero-order valence-corrected chi connectivity index (χ0v) is 20.0. The van der Waals surface area contributed by atoms with Crippen LogP contribution in [0.2, 0.25) is 0 Å². The van der Waals surface area contributed by atoms with E-state index >= 15 is 0 Å². The van der Waals surface area contributed by atoms with Crippen LogP contribution >= 0.6 is 0 Å². The molecular formula is C26H21F3N6O2. The van der Waals surface area contributed by atoms with Crippen molar-refractivity contribution in [2.45, 2.75) is 13.1 Å². The van der Waals surface area contributed by atoms with Crippen LogP contribution in [-0.4, -0.2) is 45.3 Å². The number of aryl methyl sites for hydroxylation is 1. The SMILES string of the molecule is Cc1ccc(C(=O)Nc2cc(C(F)(F)F)ccn2)cc1C#Cc1cnc2c(NC(=O)N(C)C)cccn12. The number of halogens is 3. The van der Waals surface area contributed by atoms with Crippen LogP contribution in [0.5, 0.6) is 0 Å². The number of alkyl halides is 3. The standard InChI is InChI=1S/C26H21F3N6O2/c1-16-6-7-18(24(36)33-22-14-19(10-11-30-22)26(27,28)29)13-17(16)8-9-20-15-31-23-21(5-4-12-35(20)23)32-25(37)34(2)3/h4-7,10-15H,1-3H3,(H,32,37)(H,30,33,36). The Hall–Kier alpha value is -4.85. The summed E-state index contributed by atoms with van der Waals surface area (Å²) in [6.45, 7) is 1.82. The molecule has 0 unspecified atom stereocenters. The van der Waals surface area contributed by atoms with Crippen molar-refractivity contribution in [2.75, 3.05) is 24.7 Å². The van der Waals surface area contributed by atoms with Gasteiger partial charge in [-0.3, -0.25) is 9.20 Å². The zero-order valence-electron chi connectivity index (χ0n) is 20.0. The van der Waals surface area contributed by atoms with E-state index < -0.39 is 17.6 Å². The molecular weight excluding hydrogens is 485 g/mol. The lowest BCUT2D eigenvalue weighted by molar-refractivity contribution is -0.137. The van der Waals surface area contributed by atoms with Crippen molar-refractivity contribution >= 4 is 29.1 Å². The summed E-state index contributed by atoms with van der Waals surface area (Å²) in [5.74, 6) is 5.22. The first-order valence-corrected chi connectivity index (χ1v) is 10.9. The fourth-order valence-corrected chi connectivity index (χ4v) is 3.32. The number of hydrogen-bond donors (Lipinski definition) is 2. The number of nitrogens with zero attached hydrogens (tertiary/aromatic N) is 4. The molecule has 188 valence electrons. The third kappa shape index (κ3) is 5.70. The Morgan fingerprint density at radius 2 is 1.81 bits per heavy atom. The molecule has 0 fully saturated rings. The molecule has 0 aliphatic heterocycles. The molecule has 4 aromatic rings. The quantitative estimate of drug-likeness (QED) is 0.391. The number of pyridine rings is 2. The maximum Gasteiger partial charge on any atom is 0.416 e. The predicted molar refractivity (Wildman–Crippen MR) is 132 cm³/mol. The van der Waals surface area contributed by atoms with Gasteiger partial charge in [0, 0.05) is 37.6 Å². The Bertz CT molecular complexity index is 1560. The van der Waals surface area contributed by atoms with E-state index in [0.717, 1.165) is 23.9 Å². The Morgan fingerprint density at radius 3 is 2.54 bits per heavy atom.